The van der Waals surface area contributed by atoms with Crippen LogP contribution in [0, 0.1) is 22.0 Å². The molecule has 0 saturated heterocycles. The molecule has 6 nitrogen and oxygen atoms in total. The van der Waals surface area contributed by atoms with Gasteiger partial charge in [-0.05, 0) is 43.2 Å². The van der Waals surface area contributed by atoms with Crippen LogP contribution in [-0.2, 0) is 0 Å². The molecular weight excluding hydrogens is 270 g/mol. The van der Waals surface area contributed by atoms with Crippen molar-refractivity contribution in [1.82, 2.24) is 5.32 Å². The summed E-state index contributed by atoms with van der Waals surface area (Å²) < 4.78 is 0. The molecule has 0 bridgehead atoms. The summed E-state index contributed by atoms with van der Waals surface area (Å²) in [5.74, 6) is 0.830. The highest BCUT2D eigenvalue weighted by atomic mass is 16.6. The van der Waals surface area contributed by atoms with E-state index >= 15 is 0 Å². The second kappa shape index (κ2) is 6.11. The third-order valence-electron chi connectivity index (χ3n) is 4.24. The minimum atomic E-state index is -0.572. The number of rotatable bonds is 3. The molecule has 1 saturated carbocycles. The zero-order valence-corrected chi connectivity index (χ0v) is 12.3. The average Bonchev–Trinajstić information content (AvgIpc) is 2.42. The van der Waals surface area contributed by atoms with Gasteiger partial charge < -0.3 is 11.1 Å². The van der Waals surface area contributed by atoms with Gasteiger partial charge in [0.1, 0.15) is 5.69 Å². The monoisotopic (exact) mass is 291 g/mol. The highest BCUT2D eigenvalue weighted by Crippen LogP contribution is 2.29. The fraction of sp³-hybridized carbons (Fsp3) is 0.533. The number of carbonyl (C=O) groups is 1. The molecule has 3 unspecified atom stereocenters. The number of carbonyl (C=O) groups excluding carboxylic acids is 1. The normalized spacial score (nSPS) is 25.3. The number of nitrogen functional groups attached to an aromatic ring is 1. The molecule has 3 atom stereocenters. The van der Waals surface area contributed by atoms with Crippen molar-refractivity contribution in [3.63, 3.8) is 0 Å². The second-order valence-corrected chi connectivity index (χ2v) is 6.01. The van der Waals surface area contributed by atoms with Gasteiger partial charge in [0.2, 0.25) is 0 Å². The van der Waals surface area contributed by atoms with Crippen molar-refractivity contribution in [2.75, 3.05) is 5.73 Å². The van der Waals surface area contributed by atoms with Gasteiger partial charge in [0.15, 0.2) is 0 Å². The van der Waals surface area contributed by atoms with Gasteiger partial charge in [-0.2, -0.15) is 0 Å². The highest BCUT2D eigenvalue weighted by Gasteiger charge is 2.27. The number of nitrogens with two attached hydrogens (primary N) is 1. The van der Waals surface area contributed by atoms with Crippen LogP contribution in [0.4, 0.5) is 11.4 Å². The van der Waals surface area contributed by atoms with E-state index in [1.165, 1.54) is 18.2 Å². The van der Waals surface area contributed by atoms with Gasteiger partial charge in [0, 0.05) is 17.7 Å². The first-order chi connectivity index (χ1) is 9.88. The van der Waals surface area contributed by atoms with E-state index < -0.39 is 4.92 Å². The van der Waals surface area contributed by atoms with Gasteiger partial charge in [-0.25, -0.2) is 0 Å². The number of nitro benzene ring substituents is 1. The quantitative estimate of drug-likeness (QED) is 0.508. The number of benzene rings is 1. The Balaban J connectivity index is 2.10. The minimum absolute atomic E-state index is 0.0661. The van der Waals surface area contributed by atoms with Crippen LogP contribution in [0.3, 0.4) is 0 Å². The predicted molar refractivity (Wildman–Crippen MR) is 80.9 cm³/mol. The second-order valence-electron chi connectivity index (χ2n) is 6.01. The number of anilines is 1. The summed E-state index contributed by atoms with van der Waals surface area (Å²) in [5.41, 5.74) is 5.66. The maximum absolute atomic E-state index is 12.3. The zero-order valence-electron chi connectivity index (χ0n) is 12.3. The molecule has 0 heterocycles. The molecular formula is C15H21N3O3. The molecule has 1 aromatic carbocycles. The van der Waals surface area contributed by atoms with Gasteiger partial charge in [0.05, 0.1) is 4.92 Å². The van der Waals surface area contributed by atoms with Crippen molar-refractivity contribution in [2.24, 2.45) is 11.8 Å². The number of hydrogen-bond donors (Lipinski definition) is 2. The Morgan fingerprint density at radius 1 is 1.38 bits per heavy atom. The summed E-state index contributed by atoms with van der Waals surface area (Å²) in [6, 6.07) is 4.29. The first kappa shape index (κ1) is 15.3. The van der Waals surface area contributed by atoms with E-state index in [0.717, 1.165) is 19.3 Å². The van der Waals surface area contributed by atoms with Gasteiger partial charge >= 0.3 is 0 Å². The molecule has 0 spiro atoms. The van der Waals surface area contributed by atoms with Gasteiger partial charge in [-0.15, -0.1) is 0 Å². The zero-order chi connectivity index (χ0) is 15.6. The molecule has 1 aliphatic carbocycles. The lowest BCUT2D eigenvalue weighted by Gasteiger charge is -2.33. The summed E-state index contributed by atoms with van der Waals surface area (Å²) >= 11 is 0. The molecule has 1 amide bonds. The fourth-order valence-corrected chi connectivity index (χ4v) is 2.97. The van der Waals surface area contributed by atoms with Crippen molar-refractivity contribution >= 4 is 17.3 Å². The third kappa shape index (κ3) is 3.51. The summed E-state index contributed by atoms with van der Waals surface area (Å²) in [7, 11) is 0. The molecule has 0 aliphatic heterocycles. The SMILES string of the molecule is CC1CCC(NC(=O)c2ccc(N)c([N+](=O)[O-])c2)C(C)C1. The summed E-state index contributed by atoms with van der Waals surface area (Å²) in [6.07, 6.45) is 3.13. The van der Waals surface area contributed by atoms with Crippen LogP contribution in [0.15, 0.2) is 18.2 Å². The van der Waals surface area contributed by atoms with Crippen molar-refractivity contribution in [3.8, 4) is 0 Å². The number of nitrogens with zero attached hydrogens (tertiary/aromatic N) is 1. The van der Waals surface area contributed by atoms with Crippen molar-refractivity contribution in [1.29, 1.82) is 0 Å². The lowest BCUT2D eigenvalue weighted by molar-refractivity contribution is -0.383. The maximum atomic E-state index is 12.3. The van der Waals surface area contributed by atoms with Crippen molar-refractivity contribution in [3.05, 3.63) is 33.9 Å². The molecule has 6 heteroatoms. The Kier molecular flexibility index (Phi) is 4.45. The summed E-state index contributed by atoms with van der Waals surface area (Å²) in [5, 5.41) is 13.9. The molecule has 1 fully saturated rings. The van der Waals surface area contributed by atoms with Crippen LogP contribution < -0.4 is 11.1 Å². The van der Waals surface area contributed by atoms with Gasteiger partial charge in [0.25, 0.3) is 11.6 Å². The lowest BCUT2D eigenvalue weighted by Crippen LogP contribution is -2.42. The standard InChI is InChI=1S/C15H21N3O3/c1-9-3-6-13(10(2)7-9)17-15(19)11-4-5-12(16)14(8-11)18(20)21/h4-5,8-10,13H,3,6-7,16H2,1-2H3,(H,17,19). The largest absolute Gasteiger partial charge is 0.393 e. The van der Waals surface area contributed by atoms with Crippen LogP contribution in [0.1, 0.15) is 43.5 Å². The highest BCUT2D eigenvalue weighted by molar-refractivity contribution is 5.95. The predicted octanol–water partition coefficient (Wildman–Crippen LogP) is 2.73. The van der Waals surface area contributed by atoms with Crippen LogP contribution in [0.2, 0.25) is 0 Å². The molecule has 1 aliphatic rings. The topological polar surface area (TPSA) is 98.3 Å². The van der Waals surface area contributed by atoms with E-state index in [1.54, 1.807) is 0 Å². The molecule has 3 N–H and O–H groups in total. The summed E-state index contributed by atoms with van der Waals surface area (Å²) in [4.78, 5) is 22.5. The van der Waals surface area contributed by atoms with E-state index in [-0.39, 0.29) is 28.9 Å². The average molecular weight is 291 g/mol. The molecule has 0 aromatic heterocycles. The Labute approximate surface area is 123 Å². The van der Waals surface area contributed by atoms with Crippen molar-refractivity contribution in [2.45, 2.75) is 39.2 Å². The van der Waals surface area contributed by atoms with E-state index in [0.29, 0.717) is 11.8 Å². The van der Waals surface area contributed by atoms with Crippen LogP contribution in [-0.4, -0.2) is 16.9 Å². The minimum Gasteiger partial charge on any atom is -0.393 e. The molecule has 114 valence electrons. The van der Waals surface area contributed by atoms with E-state index in [4.69, 9.17) is 5.73 Å². The Hall–Kier alpha value is -2.11. The van der Waals surface area contributed by atoms with Crippen LogP contribution in [0.5, 0.6) is 0 Å². The van der Waals surface area contributed by atoms with Gasteiger partial charge in [-0.1, -0.05) is 13.8 Å². The van der Waals surface area contributed by atoms with Gasteiger partial charge in [-0.3, -0.25) is 14.9 Å². The molecule has 1 aromatic rings. The van der Waals surface area contributed by atoms with E-state index in [9.17, 15) is 14.9 Å². The Morgan fingerprint density at radius 2 is 2.10 bits per heavy atom. The fourth-order valence-electron chi connectivity index (χ4n) is 2.97. The number of nitro groups is 1. The molecule has 2 rings (SSSR count). The number of amides is 1. The Morgan fingerprint density at radius 3 is 2.71 bits per heavy atom. The van der Waals surface area contributed by atoms with E-state index in [2.05, 4.69) is 19.2 Å². The number of nitrogens with one attached hydrogen (secondary N) is 1. The first-order valence-corrected chi connectivity index (χ1v) is 7.23. The van der Waals surface area contributed by atoms with Crippen LogP contribution >= 0.6 is 0 Å². The first-order valence-electron chi connectivity index (χ1n) is 7.23. The maximum Gasteiger partial charge on any atom is 0.292 e. The summed E-state index contributed by atoms with van der Waals surface area (Å²) in [6.45, 7) is 4.35. The van der Waals surface area contributed by atoms with Crippen molar-refractivity contribution < 1.29 is 9.72 Å². The van der Waals surface area contributed by atoms with Crippen LogP contribution in [0.25, 0.3) is 0 Å². The third-order valence-corrected chi connectivity index (χ3v) is 4.24. The molecule has 21 heavy (non-hydrogen) atoms. The lowest BCUT2D eigenvalue weighted by atomic mass is 9.80. The number of hydrogen-bond acceptors (Lipinski definition) is 4. The smallest absolute Gasteiger partial charge is 0.292 e. The molecule has 0 radical (unpaired) electrons. The van der Waals surface area contributed by atoms with E-state index in [1.807, 2.05) is 0 Å². The Bertz CT molecular complexity index is 559.